The number of hydrogen-bond acceptors (Lipinski definition) is 9. The Morgan fingerprint density at radius 1 is 1.10 bits per heavy atom. The summed E-state index contributed by atoms with van der Waals surface area (Å²) >= 11 is 5.55. The number of allylic oxidation sites excluding steroid dienone is 1. The highest BCUT2D eigenvalue weighted by atomic mass is 35.5. The first kappa shape index (κ1) is 28.3. The Morgan fingerprint density at radius 2 is 1.76 bits per heavy atom. The lowest BCUT2D eigenvalue weighted by atomic mass is 9.58. The van der Waals surface area contributed by atoms with Gasteiger partial charge in [-0.25, -0.2) is 0 Å². The van der Waals surface area contributed by atoms with Gasteiger partial charge in [-0.15, -0.1) is 11.6 Å². The van der Waals surface area contributed by atoms with E-state index < -0.39 is 58.0 Å². The quantitative estimate of drug-likeness (QED) is 0.226. The standard InChI is InChI=1S/C29H28ClN3O8/c1-33(2)23-17-10-13-9-16-15(12-3-5-14(6-4-12)32-19(35)11-30)7-8-18(34)21(16)24(36)20(13)26(38)29(17,41)27(39)22(25(23)37)28(31)40/h3-8,13,17,23,34,37-38,41H,9-11H2,1-2H3,(H2,31,40)(H,32,35)/t13-,17-,23?,29-/m0/s1. The van der Waals surface area contributed by atoms with Gasteiger partial charge in [-0.2, -0.15) is 0 Å². The molecule has 2 aromatic rings. The largest absolute Gasteiger partial charge is 0.510 e. The average Bonchev–Trinajstić information content (AvgIpc) is 2.91. The van der Waals surface area contributed by atoms with Crippen LogP contribution in [0.4, 0.5) is 5.69 Å². The van der Waals surface area contributed by atoms with Crippen LogP contribution < -0.4 is 11.1 Å². The summed E-state index contributed by atoms with van der Waals surface area (Å²) in [6.07, 6.45) is 0.146. The molecule has 7 N–H and O–H groups in total. The lowest BCUT2D eigenvalue weighted by Crippen LogP contribution is -2.63. The van der Waals surface area contributed by atoms with Crippen LogP contribution in [-0.2, 0) is 20.8 Å². The molecule has 1 unspecified atom stereocenters. The molecule has 4 atom stereocenters. The number of ketones is 2. The van der Waals surface area contributed by atoms with Gasteiger partial charge in [0.25, 0.3) is 5.91 Å². The fourth-order valence-electron chi connectivity index (χ4n) is 6.45. The fraction of sp³-hybridized carbons (Fsp3) is 0.310. The number of anilines is 1. The van der Waals surface area contributed by atoms with Gasteiger partial charge >= 0.3 is 0 Å². The van der Waals surface area contributed by atoms with Crippen molar-refractivity contribution in [2.45, 2.75) is 24.5 Å². The molecule has 0 aromatic heterocycles. The summed E-state index contributed by atoms with van der Waals surface area (Å²) in [5.74, 6) is -7.58. The second-order valence-corrected chi connectivity index (χ2v) is 11.0. The third-order valence-electron chi connectivity index (χ3n) is 8.21. The molecule has 0 saturated heterocycles. The van der Waals surface area contributed by atoms with Gasteiger partial charge in [0.1, 0.15) is 28.7 Å². The first-order valence-electron chi connectivity index (χ1n) is 12.8. The van der Waals surface area contributed by atoms with E-state index in [0.717, 1.165) is 0 Å². The topological polar surface area (TPSA) is 190 Å². The van der Waals surface area contributed by atoms with Gasteiger partial charge in [0.05, 0.1) is 11.6 Å². The molecule has 0 saturated carbocycles. The zero-order chi connectivity index (χ0) is 30.0. The van der Waals surface area contributed by atoms with Crippen molar-refractivity contribution in [3.63, 3.8) is 0 Å². The molecule has 3 aliphatic rings. The maximum absolute atomic E-state index is 13.9. The lowest BCUT2D eigenvalue weighted by Gasteiger charge is -2.50. The number of halogens is 1. The van der Waals surface area contributed by atoms with E-state index in [-0.39, 0.29) is 41.5 Å². The Labute approximate surface area is 239 Å². The van der Waals surface area contributed by atoms with Crippen molar-refractivity contribution in [1.82, 2.24) is 4.90 Å². The Morgan fingerprint density at radius 3 is 2.34 bits per heavy atom. The zero-order valence-electron chi connectivity index (χ0n) is 22.1. The average molecular weight is 582 g/mol. The van der Waals surface area contributed by atoms with Gasteiger partial charge in [-0.05, 0) is 67.7 Å². The van der Waals surface area contributed by atoms with Crippen LogP contribution in [0.15, 0.2) is 59.1 Å². The second-order valence-electron chi connectivity index (χ2n) is 10.7. The predicted octanol–water partition coefficient (Wildman–Crippen LogP) is 1.96. The maximum Gasteiger partial charge on any atom is 0.255 e. The summed E-state index contributed by atoms with van der Waals surface area (Å²) in [4.78, 5) is 52.5. The van der Waals surface area contributed by atoms with E-state index >= 15 is 0 Å². The van der Waals surface area contributed by atoms with Crippen molar-refractivity contribution in [3.8, 4) is 16.9 Å². The van der Waals surface area contributed by atoms with Crippen LogP contribution in [0.2, 0.25) is 0 Å². The number of Topliss-reactive ketones (excluding diaryl/α,β-unsaturated/α-hetero) is 2. The highest BCUT2D eigenvalue weighted by molar-refractivity contribution is 6.29. The highest BCUT2D eigenvalue weighted by Crippen LogP contribution is 2.53. The molecule has 2 aromatic carbocycles. The number of benzene rings is 2. The van der Waals surface area contributed by atoms with Gasteiger partial charge in [0.15, 0.2) is 11.4 Å². The van der Waals surface area contributed by atoms with E-state index in [1.165, 1.54) is 11.0 Å². The highest BCUT2D eigenvalue weighted by Gasteiger charge is 2.63. The molecule has 0 spiro atoms. The Balaban J connectivity index is 1.64. The van der Waals surface area contributed by atoms with Crippen LogP contribution in [0.1, 0.15) is 22.3 Å². The van der Waals surface area contributed by atoms with Crippen molar-refractivity contribution in [3.05, 3.63) is 70.2 Å². The van der Waals surface area contributed by atoms with Gasteiger partial charge in [-0.3, -0.25) is 24.1 Å². The molecule has 11 nitrogen and oxygen atoms in total. The number of aliphatic hydroxyl groups excluding tert-OH is 2. The molecule has 214 valence electrons. The number of nitrogens with two attached hydrogens (primary N) is 1. The number of fused-ring (bicyclic) bond motifs is 3. The number of rotatable bonds is 5. The van der Waals surface area contributed by atoms with Crippen LogP contribution in [-0.4, -0.2) is 80.3 Å². The fourth-order valence-corrected chi connectivity index (χ4v) is 6.52. The van der Waals surface area contributed by atoms with Crippen molar-refractivity contribution < 1.29 is 39.6 Å². The van der Waals surface area contributed by atoms with Gasteiger partial charge in [0, 0.05) is 17.2 Å². The number of aliphatic hydroxyl groups is 3. The third-order valence-corrected chi connectivity index (χ3v) is 8.45. The Hall–Kier alpha value is -4.19. The molecule has 0 bridgehead atoms. The van der Waals surface area contributed by atoms with E-state index in [0.29, 0.717) is 22.4 Å². The van der Waals surface area contributed by atoms with Gasteiger partial charge in [0.2, 0.25) is 11.7 Å². The molecule has 2 amide bonds. The first-order chi connectivity index (χ1) is 19.3. The number of primary amides is 1. The molecule has 0 fully saturated rings. The maximum atomic E-state index is 13.9. The number of carbonyl (C=O) groups excluding carboxylic acids is 4. The summed E-state index contributed by atoms with van der Waals surface area (Å²) in [6.45, 7) is 0. The SMILES string of the molecule is CN(C)C1C(O)=C(C(N)=O)C(=O)[C@@]2(O)C(O)=C3C(=O)c4c(O)ccc(-c5ccc(NC(=O)CCl)cc5)c4C[C@H]3C[C@@H]12. The number of phenols is 1. The minimum Gasteiger partial charge on any atom is -0.510 e. The first-order valence-corrected chi connectivity index (χ1v) is 13.3. The lowest BCUT2D eigenvalue weighted by molar-refractivity contribution is -0.148. The molecule has 12 heteroatoms. The van der Waals surface area contributed by atoms with E-state index in [9.17, 15) is 39.6 Å². The monoisotopic (exact) mass is 581 g/mol. The number of likely N-dealkylation sites (N-methyl/N-ethyl adjacent to an activating group) is 1. The van der Waals surface area contributed by atoms with Crippen LogP contribution in [0.5, 0.6) is 5.75 Å². The van der Waals surface area contributed by atoms with E-state index in [1.54, 1.807) is 44.4 Å². The minimum absolute atomic E-state index is 0.00967. The summed E-state index contributed by atoms with van der Waals surface area (Å²) in [5, 5.41) is 47.4. The molecule has 0 aliphatic heterocycles. The van der Waals surface area contributed by atoms with Gasteiger partial charge < -0.3 is 31.5 Å². The number of nitrogens with one attached hydrogen (secondary N) is 1. The molecule has 5 rings (SSSR count). The van der Waals surface area contributed by atoms with E-state index in [2.05, 4.69) is 5.32 Å². The van der Waals surface area contributed by atoms with Crippen molar-refractivity contribution in [2.75, 3.05) is 25.3 Å². The minimum atomic E-state index is -2.69. The summed E-state index contributed by atoms with van der Waals surface area (Å²) < 4.78 is 0. The summed E-state index contributed by atoms with van der Waals surface area (Å²) in [6, 6.07) is 8.73. The smallest absolute Gasteiger partial charge is 0.255 e. The molecule has 3 aliphatic carbocycles. The Kier molecular flexibility index (Phi) is 6.93. The molecular formula is C29H28ClN3O8. The van der Waals surface area contributed by atoms with Crippen LogP contribution in [0.25, 0.3) is 11.1 Å². The number of amides is 2. The number of hydrogen-bond donors (Lipinski definition) is 6. The number of phenolic OH excluding ortho intramolecular Hbond substituents is 1. The van der Waals surface area contributed by atoms with Crippen LogP contribution >= 0.6 is 11.6 Å². The van der Waals surface area contributed by atoms with E-state index in [4.69, 9.17) is 17.3 Å². The molecule has 41 heavy (non-hydrogen) atoms. The number of aromatic hydroxyl groups is 1. The van der Waals surface area contributed by atoms with Crippen molar-refractivity contribution in [2.24, 2.45) is 17.6 Å². The van der Waals surface area contributed by atoms with Gasteiger partial charge in [-0.1, -0.05) is 18.2 Å². The Bertz CT molecular complexity index is 1580. The van der Waals surface area contributed by atoms with Crippen molar-refractivity contribution >= 4 is 40.7 Å². The third kappa shape index (κ3) is 4.19. The number of alkyl halides is 1. The number of nitrogens with zero attached hydrogens (tertiary/aromatic N) is 1. The summed E-state index contributed by atoms with van der Waals surface area (Å²) in [5.41, 5.74) is 3.84. The molecular weight excluding hydrogens is 554 g/mol. The predicted molar refractivity (Wildman–Crippen MR) is 148 cm³/mol. The zero-order valence-corrected chi connectivity index (χ0v) is 22.9. The normalized spacial score (nSPS) is 25.5. The number of carbonyl (C=O) groups is 4. The second kappa shape index (κ2) is 10.0. The van der Waals surface area contributed by atoms with Crippen molar-refractivity contribution in [1.29, 1.82) is 0 Å². The molecule has 0 radical (unpaired) electrons. The summed E-state index contributed by atoms with van der Waals surface area (Å²) in [7, 11) is 3.14. The molecule has 0 heterocycles. The van der Waals surface area contributed by atoms with Crippen LogP contribution in [0.3, 0.4) is 0 Å². The van der Waals surface area contributed by atoms with E-state index in [1.807, 2.05) is 0 Å². The van der Waals surface area contributed by atoms with Crippen LogP contribution in [0, 0.1) is 11.8 Å².